The van der Waals surface area contributed by atoms with Crippen LogP contribution in [-0.4, -0.2) is 11.8 Å². The number of Topliss-reactive ketones (excluding diaryl/α,β-unsaturated/α-hetero) is 1. The summed E-state index contributed by atoms with van der Waals surface area (Å²) < 4.78 is 39.1. The number of hydrogen-bond donors (Lipinski definition) is 2. The highest BCUT2D eigenvalue weighted by Gasteiger charge is 2.32. The predicted octanol–water partition coefficient (Wildman–Crippen LogP) is 3.94. The maximum Gasteiger partial charge on any atom is 0.416 e. The molecule has 0 fully saturated rings. The lowest BCUT2D eigenvalue weighted by Gasteiger charge is -2.15. The molecule has 5 nitrogen and oxygen atoms in total. The Morgan fingerprint density at radius 2 is 1.81 bits per heavy atom. The van der Waals surface area contributed by atoms with Crippen molar-refractivity contribution in [3.63, 3.8) is 0 Å². The Hall–Kier alpha value is -2.87. The topological polar surface area (TPSA) is 81.4 Å². The molecular weight excluding hydrogens is 349 g/mol. The molecule has 0 spiro atoms. The van der Waals surface area contributed by atoms with E-state index in [1.807, 2.05) is 0 Å². The third kappa shape index (κ3) is 4.40. The minimum Gasteiger partial charge on any atom is -0.381 e. The summed E-state index contributed by atoms with van der Waals surface area (Å²) >= 11 is 0. The van der Waals surface area contributed by atoms with Crippen molar-refractivity contribution in [3.05, 3.63) is 64.7 Å². The Labute approximate surface area is 147 Å². The van der Waals surface area contributed by atoms with E-state index in [1.165, 1.54) is 36.4 Å². The van der Waals surface area contributed by atoms with Gasteiger partial charge in [0.2, 0.25) is 0 Å². The minimum atomic E-state index is -4.47. The molecule has 26 heavy (non-hydrogen) atoms. The normalized spacial score (nSPS) is 11.1. The van der Waals surface area contributed by atoms with Crippen LogP contribution in [0.5, 0.6) is 0 Å². The molecule has 0 aliphatic carbocycles. The molecule has 0 aliphatic heterocycles. The maximum atomic E-state index is 13.0. The monoisotopic (exact) mass is 366 g/mol. The van der Waals surface area contributed by atoms with Gasteiger partial charge in [-0.3, -0.25) is 4.79 Å². The van der Waals surface area contributed by atoms with Crippen LogP contribution in [0.2, 0.25) is 0 Å². The van der Waals surface area contributed by atoms with Gasteiger partial charge >= 0.3 is 12.1 Å². The van der Waals surface area contributed by atoms with E-state index in [9.17, 15) is 22.8 Å². The maximum absolute atomic E-state index is 13.0. The molecule has 0 atom stereocenters. The molecule has 3 N–H and O–H groups in total. The average Bonchev–Trinajstić information content (AvgIpc) is 2.64. The number of hydrogen-bond acceptors (Lipinski definition) is 5. The van der Waals surface area contributed by atoms with E-state index < -0.39 is 17.7 Å². The van der Waals surface area contributed by atoms with Crippen molar-refractivity contribution in [2.24, 2.45) is 5.90 Å². The summed E-state index contributed by atoms with van der Waals surface area (Å²) in [6, 6.07) is 9.42. The number of carbonyl (C=O) groups excluding carboxylic acids is 2. The van der Waals surface area contributed by atoms with Gasteiger partial charge in [0.05, 0.1) is 11.1 Å². The minimum absolute atomic E-state index is 0.0477. The van der Waals surface area contributed by atoms with Crippen molar-refractivity contribution >= 4 is 17.4 Å². The number of nitrogens with two attached hydrogens (primary N) is 1. The van der Waals surface area contributed by atoms with Gasteiger partial charge in [0.15, 0.2) is 5.78 Å². The van der Waals surface area contributed by atoms with E-state index in [1.54, 1.807) is 6.92 Å². The Kier molecular flexibility index (Phi) is 5.99. The third-order valence-corrected chi connectivity index (χ3v) is 3.77. The Bertz CT molecular complexity index is 820. The van der Waals surface area contributed by atoms with Gasteiger partial charge in [-0.15, -0.1) is 0 Å². The predicted molar refractivity (Wildman–Crippen MR) is 89.4 cm³/mol. The quantitative estimate of drug-likeness (QED) is 0.598. The van der Waals surface area contributed by atoms with Crippen molar-refractivity contribution in [3.8, 4) is 0 Å². The Morgan fingerprint density at radius 3 is 2.42 bits per heavy atom. The number of nitrogens with one attached hydrogen (secondary N) is 1. The van der Waals surface area contributed by atoms with Crippen molar-refractivity contribution in [1.29, 1.82) is 0 Å². The molecule has 0 saturated heterocycles. The van der Waals surface area contributed by atoms with E-state index in [2.05, 4.69) is 10.2 Å². The first kappa shape index (κ1) is 19.5. The van der Waals surface area contributed by atoms with Gasteiger partial charge in [0.1, 0.15) is 0 Å². The van der Waals surface area contributed by atoms with Crippen LogP contribution in [0.1, 0.15) is 45.2 Å². The summed E-state index contributed by atoms with van der Waals surface area (Å²) in [6.07, 6.45) is -4.29. The number of carbonyl (C=O) groups is 2. The van der Waals surface area contributed by atoms with Gasteiger partial charge in [0, 0.05) is 24.2 Å². The van der Waals surface area contributed by atoms with E-state index in [-0.39, 0.29) is 35.4 Å². The molecule has 0 saturated carbocycles. The average molecular weight is 366 g/mol. The lowest BCUT2D eigenvalue weighted by molar-refractivity contribution is -0.138. The number of ketones is 1. The third-order valence-electron chi connectivity index (χ3n) is 3.77. The van der Waals surface area contributed by atoms with Crippen LogP contribution < -0.4 is 11.2 Å². The zero-order chi connectivity index (χ0) is 19.3. The molecule has 138 valence electrons. The van der Waals surface area contributed by atoms with Crippen LogP contribution in [0.3, 0.4) is 0 Å². The summed E-state index contributed by atoms with van der Waals surface area (Å²) in [7, 11) is 0. The van der Waals surface area contributed by atoms with Gasteiger partial charge in [-0.05, 0) is 29.8 Å². The molecule has 2 aromatic carbocycles. The fourth-order valence-electron chi connectivity index (χ4n) is 2.47. The van der Waals surface area contributed by atoms with Crippen molar-refractivity contribution in [2.75, 3.05) is 5.32 Å². The van der Waals surface area contributed by atoms with E-state index in [0.717, 1.165) is 6.07 Å². The second kappa shape index (κ2) is 8.01. The highest BCUT2D eigenvalue weighted by molar-refractivity contribution is 6.06. The first-order valence-electron chi connectivity index (χ1n) is 7.75. The lowest BCUT2D eigenvalue weighted by atomic mass is 10.0. The van der Waals surface area contributed by atoms with Gasteiger partial charge in [-0.25, -0.2) is 4.79 Å². The number of anilines is 1. The van der Waals surface area contributed by atoms with Crippen LogP contribution in [0.4, 0.5) is 18.9 Å². The lowest BCUT2D eigenvalue weighted by Crippen LogP contribution is -2.16. The van der Waals surface area contributed by atoms with Gasteiger partial charge in [-0.1, -0.05) is 25.1 Å². The molecule has 2 rings (SSSR count). The summed E-state index contributed by atoms with van der Waals surface area (Å²) in [6.45, 7) is 1.52. The van der Waals surface area contributed by atoms with Crippen LogP contribution in [0.25, 0.3) is 0 Å². The second-order valence-electron chi connectivity index (χ2n) is 5.45. The zero-order valence-corrected chi connectivity index (χ0v) is 13.9. The van der Waals surface area contributed by atoms with Gasteiger partial charge in [-0.2, -0.15) is 19.1 Å². The smallest absolute Gasteiger partial charge is 0.381 e. The van der Waals surface area contributed by atoms with E-state index in [0.29, 0.717) is 5.69 Å². The van der Waals surface area contributed by atoms with Crippen molar-refractivity contribution in [1.82, 2.24) is 0 Å². The van der Waals surface area contributed by atoms with Crippen LogP contribution in [-0.2, 0) is 17.6 Å². The molecule has 0 radical (unpaired) electrons. The second-order valence-corrected chi connectivity index (χ2v) is 5.45. The number of halogens is 3. The summed E-state index contributed by atoms with van der Waals surface area (Å²) in [5.41, 5.74) is -0.240. The van der Waals surface area contributed by atoms with Crippen molar-refractivity contribution < 1.29 is 27.6 Å². The fourth-order valence-corrected chi connectivity index (χ4v) is 2.47. The molecule has 0 unspecified atom stereocenters. The van der Waals surface area contributed by atoms with E-state index in [4.69, 9.17) is 5.90 Å². The Morgan fingerprint density at radius 1 is 1.12 bits per heavy atom. The summed E-state index contributed by atoms with van der Waals surface area (Å²) in [5, 5.41) is 2.82. The molecular formula is C18H17F3N2O3. The Balaban J connectivity index is 2.29. The molecule has 8 heteroatoms. The van der Waals surface area contributed by atoms with E-state index >= 15 is 0 Å². The molecule has 0 aromatic heterocycles. The summed E-state index contributed by atoms with van der Waals surface area (Å²) in [4.78, 5) is 27.9. The number of alkyl halides is 3. The first-order chi connectivity index (χ1) is 12.3. The molecule has 2 aromatic rings. The van der Waals surface area contributed by atoms with Crippen LogP contribution in [0, 0.1) is 0 Å². The molecule has 0 aliphatic rings. The van der Waals surface area contributed by atoms with Gasteiger partial charge < -0.3 is 10.2 Å². The number of benzene rings is 2. The van der Waals surface area contributed by atoms with Crippen LogP contribution in [0.15, 0.2) is 42.5 Å². The highest BCUT2D eigenvalue weighted by Crippen LogP contribution is 2.32. The zero-order valence-electron chi connectivity index (χ0n) is 13.9. The fraction of sp³-hybridized carbons (Fsp3) is 0.222. The molecule has 0 bridgehead atoms. The molecule has 0 heterocycles. The summed E-state index contributed by atoms with van der Waals surface area (Å²) in [5.74, 6) is 3.71. The largest absolute Gasteiger partial charge is 0.416 e. The van der Waals surface area contributed by atoms with Gasteiger partial charge in [0.25, 0.3) is 0 Å². The van der Waals surface area contributed by atoms with Crippen molar-refractivity contribution in [2.45, 2.75) is 26.1 Å². The van der Waals surface area contributed by atoms with Crippen LogP contribution >= 0.6 is 0 Å². The molecule has 0 amide bonds. The number of rotatable bonds is 6. The standard InChI is InChI=1S/C18H17F3N2O3/c1-2-16(24)13-8-7-12(9-14(13)17(25)26-22)23-10-11-5-3-4-6-15(11)18(19,20)21/h3-9,23H,2,10,22H2,1H3. The first-order valence-corrected chi connectivity index (χ1v) is 7.75. The SMILES string of the molecule is CCC(=O)c1ccc(NCc2ccccc2C(F)(F)F)cc1C(=O)ON. The highest BCUT2D eigenvalue weighted by atomic mass is 19.4.